The minimum Gasteiger partial charge on any atom is -0.293 e. The molecule has 226 valence electrons. The van der Waals surface area contributed by atoms with Crippen LogP contribution in [0.15, 0.2) is 152 Å². The zero-order chi connectivity index (χ0) is 31.3. The molecule has 0 radical (unpaired) electrons. The lowest BCUT2D eigenvalue weighted by atomic mass is 10.0. The Kier molecular flexibility index (Phi) is 4.93. The molecule has 5 aromatic carbocycles. The molecular weight excluding hydrogens is 594 g/mol. The van der Waals surface area contributed by atoms with Gasteiger partial charge in [-0.3, -0.25) is 13.7 Å². The fourth-order valence-corrected chi connectivity index (χ4v) is 7.46. The summed E-state index contributed by atoms with van der Waals surface area (Å²) < 4.78 is 12.9. The van der Waals surface area contributed by atoms with Crippen LogP contribution in [0.4, 0.5) is 0 Å². The highest BCUT2D eigenvalue weighted by Crippen LogP contribution is 2.34. The molecule has 0 saturated heterocycles. The molecule has 0 aliphatic heterocycles. The van der Waals surface area contributed by atoms with Gasteiger partial charge in [-0.05, 0) is 77.9 Å². The van der Waals surface area contributed by atoms with E-state index in [-0.39, 0.29) is 0 Å². The van der Waals surface area contributed by atoms with Gasteiger partial charge in [0, 0.05) is 23.9 Å². The molecule has 48 heavy (non-hydrogen) atoms. The first-order valence-corrected chi connectivity index (χ1v) is 15.9. The van der Waals surface area contributed by atoms with Crippen molar-refractivity contribution in [2.24, 2.45) is 0 Å². The van der Waals surface area contributed by atoms with Crippen LogP contribution in [0, 0.1) is 0 Å². The van der Waals surface area contributed by atoms with Gasteiger partial charge in [0.2, 0.25) is 0 Å². The second-order valence-corrected chi connectivity index (χ2v) is 12.1. The monoisotopic (exact) mass is 619 g/mol. The fourth-order valence-electron chi connectivity index (χ4n) is 7.46. The van der Waals surface area contributed by atoms with E-state index in [2.05, 4.69) is 162 Å². The summed E-state index contributed by atoms with van der Waals surface area (Å²) in [5, 5.41) is 13.9. The van der Waals surface area contributed by atoms with Gasteiger partial charge in [-0.25, -0.2) is 13.5 Å². The van der Waals surface area contributed by atoms with Gasteiger partial charge in [-0.2, -0.15) is 15.3 Å². The van der Waals surface area contributed by atoms with Crippen LogP contribution in [0.2, 0.25) is 0 Å². The zero-order valence-electron chi connectivity index (χ0n) is 25.5. The molecule has 0 aliphatic carbocycles. The second-order valence-electron chi connectivity index (χ2n) is 12.1. The summed E-state index contributed by atoms with van der Waals surface area (Å²) in [6.07, 6.45) is 5.57. The van der Waals surface area contributed by atoms with Crippen molar-refractivity contribution in [2.45, 2.75) is 0 Å². The average molecular weight is 620 g/mol. The number of imidazole rings is 3. The topological polar surface area (TPSA) is 66.7 Å². The molecule has 0 atom stereocenters. The highest BCUT2D eigenvalue weighted by molar-refractivity contribution is 5.88. The predicted molar refractivity (Wildman–Crippen MR) is 189 cm³/mol. The lowest BCUT2D eigenvalue weighted by Crippen LogP contribution is -2.00. The number of rotatable bonds is 4. The number of hydrogen-bond donors (Lipinski definition) is 0. The van der Waals surface area contributed by atoms with Gasteiger partial charge in [0.1, 0.15) is 16.9 Å². The predicted octanol–water partition coefficient (Wildman–Crippen LogP) is 8.13. The van der Waals surface area contributed by atoms with Crippen molar-refractivity contribution < 1.29 is 0 Å². The smallest absolute Gasteiger partial charge is 0.141 e. The number of nitrogens with zero attached hydrogens (tertiary/aromatic N) is 9. The third kappa shape index (κ3) is 3.36. The van der Waals surface area contributed by atoms with Crippen LogP contribution >= 0.6 is 0 Å². The molecular formula is C39H25N9. The Labute approximate surface area is 272 Å². The van der Waals surface area contributed by atoms with Gasteiger partial charge >= 0.3 is 0 Å². The third-order valence-corrected chi connectivity index (χ3v) is 9.49. The van der Waals surface area contributed by atoms with Crippen LogP contribution in [-0.2, 0) is 0 Å². The molecule has 9 nitrogen and oxygen atoms in total. The summed E-state index contributed by atoms with van der Waals surface area (Å²) in [6.45, 7) is 0. The summed E-state index contributed by atoms with van der Waals surface area (Å²) in [6, 6.07) is 47.0. The van der Waals surface area contributed by atoms with Gasteiger partial charge in [0.25, 0.3) is 0 Å². The van der Waals surface area contributed by atoms with Crippen molar-refractivity contribution in [1.82, 2.24) is 42.5 Å². The van der Waals surface area contributed by atoms with Gasteiger partial charge in [0.15, 0.2) is 0 Å². The van der Waals surface area contributed by atoms with Crippen molar-refractivity contribution in [2.75, 3.05) is 0 Å². The van der Waals surface area contributed by atoms with Crippen molar-refractivity contribution >= 4 is 50.0 Å². The third-order valence-electron chi connectivity index (χ3n) is 9.49. The molecule has 0 amide bonds. The Morgan fingerprint density at radius 1 is 0.312 bits per heavy atom. The van der Waals surface area contributed by atoms with E-state index in [1.807, 2.05) is 32.1 Å². The fraction of sp³-hybridized carbons (Fsp3) is 0. The van der Waals surface area contributed by atoms with Crippen LogP contribution in [0.3, 0.4) is 0 Å². The van der Waals surface area contributed by atoms with Crippen LogP contribution < -0.4 is 0 Å². The molecule has 6 heterocycles. The molecule has 0 fully saturated rings. The lowest BCUT2D eigenvalue weighted by Gasteiger charge is -2.15. The van der Waals surface area contributed by atoms with E-state index in [9.17, 15) is 0 Å². The van der Waals surface area contributed by atoms with E-state index in [1.54, 1.807) is 0 Å². The minimum atomic E-state index is 1.01. The number of hydrogen-bond acceptors (Lipinski definition) is 3. The maximum Gasteiger partial charge on any atom is 0.141 e. The van der Waals surface area contributed by atoms with E-state index in [1.165, 1.54) is 0 Å². The van der Waals surface area contributed by atoms with E-state index >= 15 is 0 Å². The van der Waals surface area contributed by atoms with E-state index in [0.29, 0.717) is 0 Å². The SMILES string of the molecule is c1ccc2c(c1)n(-c1ccc(-c3cc(-n4c5ccccc5n5nccc45)cc(-n4c5ccccc5n5nccc45)c3)cc1)c1ccnn21. The average Bonchev–Trinajstić information content (AvgIpc) is 3.97. The quantitative estimate of drug-likeness (QED) is 0.200. The molecule has 0 aliphatic rings. The molecule has 0 spiro atoms. The number of benzene rings is 5. The van der Waals surface area contributed by atoms with Crippen molar-refractivity contribution in [3.8, 4) is 28.2 Å². The molecule has 6 aromatic heterocycles. The first-order valence-electron chi connectivity index (χ1n) is 15.9. The standard InChI is InChI=1S/C39H25N9/c1-4-10-34-31(7-1)43(37-17-20-40-46(34)37)28-15-13-26(14-16-28)27-23-29(44-32-8-2-5-11-35(32)47-38(44)18-21-41-47)25-30(24-27)45-33-9-3-6-12-36(33)48-39(45)19-22-42-48/h1-25H. The largest absolute Gasteiger partial charge is 0.293 e. The van der Waals surface area contributed by atoms with E-state index in [0.717, 1.165) is 78.2 Å². The van der Waals surface area contributed by atoms with Crippen LogP contribution in [0.5, 0.6) is 0 Å². The molecule has 11 rings (SSSR count). The number of para-hydroxylation sites is 6. The van der Waals surface area contributed by atoms with Gasteiger partial charge in [0.05, 0.1) is 63.1 Å². The summed E-state index contributed by atoms with van der Waals surface area (Å²) in [5.41, 5.74) is 14.9. The Bertz CT molecular complexity index is 2890. The summed E-state index contributed by atoms with van der Waals surface area (Å²) in [4.78, 5) is 0. The molecule has 11 aromatic rings. The summed E-state index contributed by atoms with van der Waals surface area (Å²) in [5.74, 6) is 0. The van der Waals surface area contributed by atoms with E-state index in [4.69, 9.17) is 0 Å². The number of aromatic nitrogens is 9. The van der Waals surface area contributed by atoms with Crippen LogP contribution in [0.1, 0.15) is 0 Å². The van der Waals surface area contributed by atoms with Gasteiger partial charge < -0.3 is 0 Å². The second kappa shape index (κ2) is 9.34. The Hall–Kier alpha value is -6.87. The van der Waals surface area contributed by atoms with Crippen molar-refractivity contribution in [1.29, 1.82) is 0 Å². The summed E-state index contributed by atoms with van der Waals surface area (Å²) in [7, 11) is 0. The maximum absolute atomic E-state index is 4.66. The number of fused-ring (bicyclic) bond motifs is 9. The van der Waals surface area contributed by atoms with Crippen molar-refractivity contribution in [3.63, 3.8) is 0 Å². The Balaban J connectivity index is 1.16. The molecule has 0 bridgehead atoms. The van der Waals surface area contributed by atoms with Crippen LogP contribution in [0.25, 0.3) is 78.2 Å². The zero-order valence-corrected chi connectivity index (χ0v) is 25.5. The Morgan fingerprint density at radius 2 is 0.688 bits per heavy atom. The summed E-state index contributed by atoms with van der Waals surface area (Å²) >= 11 is 0. The lowest BCUT2D eigenvalue weighted by molar-refractivity contribution is 0.987. The first-order chi connectivity index (χ1) is 23.8. The highest BCUT2D eigenvalue weighted by atomic mass is 15.3. The molecule has 0 saturated carbocycles. The highest BCUT2D eigenvalue weighted by Gasteiger charge is 2.18. The minimum absolute atomic E-state index is 1.01. The molecule has 0 unspecified atom stereocenters. The normalized spacial score (nSPS) is 12.2. The van der Waals surface area contributed by atoms with Crippen LogP contribution in [-0.4, -0.2) is 42.5 Å². The van der Waals surface area contributed by atoms with Gasteiger partial charge in [-0.1, -0.05) is 48.5 Å². The molecule has 0 N–H and O–H groups in total. The maximum atomic E-state index is 4.66. The first kappa shape index (κ1) is 25.3. The Morgan fingerprint density at radius 3 is 1.10 bits per heavy atom. The van der Waals surface area contributed by atoms with E-state index < -0.39 is 0 Å². The molecule has 9 heteroatoms. The van der Waals surface area contributed by atoms with Gasteiger partial charge in [-0.15, -0.1) is 0 Å². The van der Waals surface area contributed by atoms with Crippen molar-refractivity contribution in [3.05, 3.63) is 152 Å².